The number of carbonyl (C=O) groups is 1. The van der Waals surface area contributed by atoms with Gasteiger partial charge in [0.1, 0.15) is 0 Å². The Balaban J connectivity index is 3.15. The zero-order valence-electron chi connectivity index (χ0n) is 8.34. The lowest BCUT2D eigenvalue weighted by molar-refractivity contribution is -0.121. The van der Waals surface area contributed by atoms with Gasteiger partial charge in [-0.05, 0) is 19.8 Å². The molecule has 0 unspecified atom stereocenters. The van der Waals surface area contributed by atoms with Crippen molar-refractivity contribution >= 4 is 5.91 Å². The van der Waals surface area contributed by atoms with Crippen LogP contribution in [0.15, 0.2) is 12.7 Å². The van der Waals surface area contributed by atoms with Crippen LogP contribution in [-0.2, 0) is 9.53 Å². The van der Waals surface area contributed by atoms with Crippen LogP contribution in [-0.4, -0.2) is 25.7 Å². The molecule has 0 rings (SSSR count). The fourth-order valence-corrected chi connectivity index (χ4v) is 0.881. The van der Waals surface area contributed by atoms with Crippen molar-refractivity contribution in [2.75, 3.05) is 19.8 Å². The van der Waals surface area contributed by atoms with Gasteiger partial charge in [-0.25, -0.2) is 0 Å². The van der Waals surface area contributed by atoms with E-state index in [-0.39, 0.29) is 5.91 Å². The van der Waals surface area contributed by atoms with Crippen molar-refractivity contribution in [2.24, 2.45) is 0 Å². The first-order chi connectivity index (χ1) is 6.31. The molecular formula is C10H19NO2. The molecule has 1 amide bonds. The Kier molecular flexibility index (Phi) is 8.67. The Hall–Kier alpha value is -0.830. The van der Waals surface area contributed by atoms with Crippen molar-refractivity contribution in [1.29, 1.82) is 0 Å². The molecule has 0 saturated heterocycles. The molecule has 3 nitrogen and oxygen atoms in total. The summed E-state index contributed by atoms with van der Waals surface area (Å²) in [6, 6.07) is 0. The summed E-state index contributed by atoms with van der Waals surface area (Å²) in [5, 5.41) is 2.79. The van der Waals surface area contributed by atoms with Crippen LogP contribution in [0.4, 0.5) is 0 Å². The molecule has 0 spiro atoms. The van der Waals surface area contributed by atoms with Crippen molar-refractivity contribution in [3.05, 3.63) is 12.7 Å². The highest BCUT2D eigenvalue weighted by Crippen LogP contribution is 1.90. The van der Waals surface area contributed by atoms with E-state index in [2.05, 4.69) is 11.9 Å². The van der Waals surface area contributed by atoms with Crippen LogP contribution in [0.25, 0.3) is 0 Å². The monoisotopic (exact) mass is 185 g/mol. The van der Waals surface area contributed by atoms with Gasteiger partial charge in [-0.15, -0.1) is 6.58 Å². The van der Waals surface area contributed by atoms with E-state index in [0.29, 0.717) is 19.6 Å². The maximum Gasteiger partial charge on any atom is 0.220 e. The van der Waals surface area contributed by atoms with E-state index in [1.165, 1.54) is 0 Å². The highest BCUT2D eigenvalue weighted by atomic mass is 16.5. The first kappa shape index (κ1) is 12.2. The lowest BCUT2D eigenvalue weighted by Gasteiger charge is -2.03. The standard InChI is InChI=1S/C10H19NO2/c1-3-5-8-11-10(12)7-6-9-13-4-2/h3H,1,4-9H2,2H3,(H,11,12). The van der Waals surface area contributed by atoms with E-state index in [4.69, 9.17) is 4.74 Å². The quantitative estimate of drug-likeness (QED) is 0.459. The normalized spacial score (nSPS) is 9.62. The lowest BCUT2D eigenvalue weighted by atomic mass is 10.3. The first-order valence-corrected chi connectivity index (χ1v) is 4.76. The third kappa shape index (κ3) is 9.08. The molecule has 0 bridgehead atoms. The van der Waals surface area contributed by atoms with Gasteiger partial charge in [-0.3, -0.25) is 4.79 Å². The van der Waals surface area contributed by atoms with E-state index >= 15 is 0 Å². The SMILES string of the molecule is C=CCCNC(=O)CCCOCC. The summed E-state index contributed by atoms with van der Waals surface area (Å²) in [7, 11) is 0. The molecule has 0 aliphatic heterocycles. The zero-order chi connectivity index (χ0) is 9.94. The molecule has 0 heterocycles. The van der Waals surface area contributed by atoms with Crippen LogP contribution in [0.1, 0.15) is 26.2 Å². The fraction of sp³-hybridized carbons (Fsp3) is 0.700. The van der Waals surface area contributed by atoms with Crippen LogP contribution >= 0.6 is 0 Å². The number of hydrogen-bond donors (Lipinski definition) is 1. The summed E-state index contributed by atoms with van der Waals surface area (Å²) in [4.78, 5) is 11.1. The Morgan fingerprint density at radius 3 is 3.00 bits per heavy atom. The number of carbonyl (C=O) groups excluding carboxylic acids is 1. The van der Waals surface area contributed by atoms with Crippen LogP contribution in [0.2, 0.25) is 0 Å². The second-order valence-corrected chi connectivity index (χ2v) is 2.73. The molecule has 3 heteroatoms. The molecule has 0 fully saturated rings. The van der Waals surface area contributed by atoms with Gasteiger partial charge >= 0.3 is 0 Å². The van der Waals surface area contributed by atoms with Crippen LogP contribution in [0.3, 0.4) is 0 Å². The minimum Gasteiger partial charge on any atom is -0.382 e. The van der Waals surface area contributed by atoms with E-state index in [1.807, 2.05) is 6.92 Å². The van der Waals surface area contributed by atoms with Crippen molar-refractivity contribution in [3.63, 3.8) is 0 Å². The summed E-state index contributed by atoms with van der Waals surface area (Å²) >= 11 is 0. The molecular weight excluding hydrogens is 166 g/mol. The minimum atomic E-state index is 0.0987. The first-order valence-electron chi connectivity index (χ1n) is 4.76. The highest BCUT2D eigenvalue weighted by molar-refractivity contribution is 5.75. The second-order valence-electron chi connectivity index (χ2n) is 2.73. The Labute approximate surface area is 80.2 Å². The van der Waals surface area contributed by atoms with Crippen LogP contribution < -0.4 is 5.32 Å². The highest BCUT2D eigenvalue weighted by Gasteiger charge is 1.98. The third-order valence-corrected chi connectivity index (χ3v) is 1.57. The largest absolute Gasteiger partial charge is 0.382 e. The summed E-state index contributed by atoms with van der Waals surface area (Å²) in [5.41, 5.74) is 0. The van der Waals surface area contributed by atoms with Gasteiger partial charge in [0.25, 0.3) is 0 Å². The maximum atomic E-state index is 11.1. The topological polar surface area (TPSA) is 38.3 Å². The summed E-state index contributed by atoms with van der Waals surface area (Å²) in [6.45, 7) is 7.61. The van der Waals surface area contributed by atoms with Gasteiger partial charge in [0.05, 0.1) is 0 Å². The predicted octanol–water partition coefficient (Wildman–Crippen LogP) is 1.50. The molecule has 0 radical (unpaired) electrons. The van der Waals surface area contributed by atoms with E-state index in [0.717, 1.165) is 19.4 Å². The van der Waals surface area contributed by atoms with E-state index < -0.39 is 0 Å². The zero-order valence-corrected chi connectivity index (χ0v) is 8.34. The van der Waals surface area contributed by atoms with Crippen molar-refractivity contribution in [3.8, 4) is 0 Å². The number of nitrogens with one attached hydrogen (secondary N) is 1. The van der Waals surface area contributed by atoms with Gasteiger partial charge in [0, 0.05) is 26.2 Å². The Morgan fingerprint density at radius 1 is 1.62 bits per heavy atom. The third-order valence-electron chi connectivity index (χ3n) is 1.57. The van der Waals surface area contributed by atoms with E-state index in [1.54, 1.807) is 6.08 Å². The molecule has 0 aromatic rings. The number of hydrogen-bond acceptors (Lipinski definition) is 2. The average molecular weight is 185 g/mol. The maximum absolute atomic E-state index is 11.1. The Morgan fingerprint density at radius 2 is 2.38 bits per heavy atom. The molecule has 1 N–H and O–H groups in total. The summed E-state index contributed by atoms with van der Waals surface area (Å²) in [5.74, 6) is 0.0987. The fourth-order valence-electron chi connectivity index (χ4n) is 0.881. The van der Waals surface area contributed by atoms with Crippen molar-refractivity contribution in [2.45, 2.75) is 26.2 Å². The summed E-state index contributed by atoms with van der Waals surface area (Å²) in [6.07, 6.45) is 3.97. The molecule has 0 atom stereocenters. The molecule has 0 aromatic carbocycles. The second kappa shape index (κ2) is 9.26. The molecule has 76 valence electrons. The molecule has 0 aliphatic rings. The smallest absolute Gasteiger partial charge is 0.220 e. The van der Waals surface area contributed by atoms with Crippen molar-refractivity contribution in [1.82, 2.24) is 5.32 Å². The van der Waals surface area contributed by atoms with E-state index in [9.17, 15) is 4.79 Å². The molecule has 0 aliphatic carbocycles. The number of rotatable bonds is 8. The van der Waals surface area contributed by atoms with Crippen LogP contribution in [0, 0.1) is 0 Å². The Bertz CT molecular complexity index is 146. The van der Waals surface area contributed by atoms with Gasteiger partial charge < -0.3 is 10.1 Å². The lowest BCUT2D eigenvalue weighted by Crippen LogP contribution is -2.24. The van der Waals surface area contributed by atoms with Crippen LogP contribution in [0.5, 0.6) is 0 Å². The number of amides is 1. The molecule has 0 aromatic heterocycles. The average Bonchev–Trinajstić information content (AvgIpc) is 2.13. The summed E-state index contributed by atoms with van der Waals surface area (Å²) < 4.78 is 5.11. The van der Waals surface area contributed by atoms with Gasteiger partial charge in [-0.2, -0.15) is 0 Å². The minimum absolute atomic E-state index is 0.0987. The molecule has 13 heavy (non-hydrogen) atoms. The van der Waals surface area contributed by atoms with Gasteiger partial charge in [0.15, 0.2) is 0 Å². The van der Waals surface area contributed by atoms with Gasteiger partial charge in [-0.1, -0.05) is 6.08 Å². The predicted molar refractivity (Wildman–Crippen MR) is 53.6 cm³/mol. The molecule has 0 saturated carbocycles. The number of ether oxygens (including phenoxy) is 1. The van der Waals surface area contributed by atoms with Gasteiger partial charge in [0.2, 0.25) is 5.91 Å². The van der Waals surface area contributed by atoms with Crippen molar-refractivity contribution < 1.29 is 9.53 Å².